The molecule has 0 atom stereocenters. The number of likely N-dealkylation sites (tertiary alicyclic amines) is 1. The van der Waals surface area contributed by atoms with E-state index in [1.165, 1.54) is 24.3 Å². The Balaban J connectivity index is 1.64. The number of aryl methyl sites for hydroxylation is 1. The van der Waals surface area contributed by atoms with Crippen LogP contribution in [0.4, 0.5) is 10.1 Å². The van der Waals surface area contributed by atoms with Crippen molar-refractivity contribution in [3.05, 3.63) is 65.6 Å². The highest BCUT2D eigenvalue weighted by atomic mass is 19.1. The number of anilines is 1. The summed E-state index contributed by atoms with van der Waals surface area (Å²) in [5.74, 6) is -0.0707. The highest BCUT2D eigenvalue weighted by Gasteiger charge is 2.24. The Kier molecular flexibility index (Phi) is 6.07. The summed E-state index contributed by atoms with van der Waals surface area (Å²) < 4.78 is 15.2. The van der Waals surface area contributed by atoms with Gasteiger partial charge in [-0.1, -0.05) is 13.8 Å². The molecule has 2 heterocycles. The predicted molar refractivity (Wildman–Crippen MR) is 121 cm³/mol. The van der Waals surface area contributed by atoms with Crippen molar-refractivity contribution in [3.63, 3.8) is 0 Å². The monoisotopic (exact) mass is 421 g/mol. The maximum atomic E-state index is 13.2. The highest BCUT2D eigenvalue weighted by molar-refractivity contribution is 6.06. The Morgan fingerprint density at radius 3 is 2.42 bits per heavy atom. The second-order valence-corrected chi connectivity index (χ2v) is 8.60. The zero-order chi connectivity index (χ0) is 22.0. The molecule has 0 aliphatic carbocycles. The van der Waals surface area contributed by atoms with Crippen LogP contribution < -0.4 is 5.32 Å². The third-order valence-electron chi connectivity index (χ3n) is 5.81. The van der Waals surface area contributed by atoms with Crippen LogP contribution in [0.15, 0.2) is 48.5 Å². The predicted octanol–water partition coefficient (Wildman–Crippen LogP) is 5.31. The summed E-state index contributed by atoms with van der Waals surface area (Å²) in [7, 11) is 0. The molecule has 1 saturated heterocycles. The number of hydrogen-bond acceptors (Lipinski definition) is 2. The number of carbonyl (C=O) groups excluding carboxylic acids is 2. The number of halogens is 1. The van der Waals surface area contributed by atoms with Gasteiger partial charge in [0.05, 0.1) is 0 Å². The molecule has 4 rings (SSSR count). The lowest BCUT2D eigenvalue weighted by Gasteiger charge is -2.18. The van der Waals surface area contributed by atoms with E-state index in [2.05, 4.69) is 23.7 Å². The van der Waals surface area contributed by atoms with Gasteiger partial charge in [-0.15, -0.1) is 0 Å². The van der Waals surface area contributed by atoms with Gasteiger partial charge in [0.25, 0.3) is 11.8 Å². The molecular formula is C25H28FN3O2. The number of aromatic nitrogens is 1. The first-order valence-corrected chi connectivity index (χ1v) is 10.9. The zero-order valence-corrected chi connectivity index (χ0v) is 18.0. The summed E-state index contributed by atoms with van der Waals surface area (Å²) >= 11 is 0. The van der Waals surface area contributed by atoms with Gasteiger partial charge in [-0.2, -0.15) is 0 Å². The van der Waals surface area contributed by atoms with Crippen molar-refractivity contribution >= 4 is 28.4 Å². The minimum atomic E-state index is -0.379. The van der Waals surface area contributed by atoms with Crippen LogP contribution in [0, 0.1) is 11.7 Å². The molecule has 1 aliphatic heterocycles. The number of carbonyl (C=O) groups is 2. The van der Waals surface area contributed by atoms with Gasteiger partial charge in [0, 0.05) is 41.8 Å². The molecule has 1 fully saturated rings. The number of nitrogens with one attached hydrogen (secondary N) is 1. The second kappa shape index (κ2) is 8.92. The quantitative estimate of drug-likeness (QED) is 0.586. The molecule has 162 valence electrons. The molecule has 0 radical (unpaired) electrons. The van der Waals surface area contributed by atoms with E-state index in [9.17, 15) is 14.0 Å². The maximum Gasteiger partial charge on any atom is 0.270 e. The van der Waals surface area contributed by atoms with Gasteiger partial charge >= 0.3 is 0 Å². The summed E-state index contributed by atoms with van der Waals surface area (Å²) in [5, 5.41) is 3.79. The molecule has 3 aromatic rings. The van der Waals surface area contributed by atoms with Gasteiger partial charge in [-0.05, 0) is 73.7 Å². The minimum Gasteiger partial charge on any atom is -0.337 e. The first-order valence-electron chi connectivity index (χ1n) is 10.9. The van der Waals surface area contributed by atoms with E-state index in [4.69, 9.17) is 0 Å². The Morgan fingerprint density at radius 1 is 1.03 bits per heavy atom. The van der Waals surface area contributed by atoms with Crippen LogP contribution in [-0.4, -0.2) is 34.4 Å². The fourth-order valence-electron chi connectivity index (χ4n) is 4.04. The van der Waals surface area contributed by atoms with Gasteiger partial charge in [0.2, 0.25) is 0 Å². The normalized spacial score (nSPS) is 13.9. The molecule has 1 aromatic heterocycles. The van der Waals surface area contributed by atoms with Crippen molar-refractivity contribution in [2.24, 2.45) is 5.92 Å². The number of hydrogen-bond donors (Lipinski definition) is 1. The molecule has 0 spiro atoms. The fourth-order valence-corrected chi connectivity index (χ4v) is 4.04. The van der Waals surface area contributed by atoms with Crippen molar-refractivity contribution < 1.29 is 14.0 Å². The zero-order valence-electron chi connectivity index (χ0n) is 18.0. The number of nitrogens with zero attached hydrogens (tertiary/aromatic N) is 2. The van der Waals surface area contributed by atoms with Gasteiger partial charge in [-0.3, -0.25) is 9.59 Å². The summed E-state index contributed by atoms with van der Waals surface area (Å²) in [6, 6.07) is 13.1. The largest absolute Gasteiger partial charge is 0.337 e. The Morgan fingerprint density at radius 2 is 1.74 bits per heavy atom. The smallest absolute Gasteiger partial charge is 0.270 e. The van der Waals surface area contributed by atoms with Crippen LogP contribution >= 0.6 is 0 Å². The van der Waals surface area contributed by atoms with Crippen molar-refractivity contribution in [3.8, 4) is 0 Å². The summed E-state index contributed by atoms with van der Waals surface area (Å²) in [6.07, 6.45) is 3.09. The lowest BCUT2D eigenvalue weighted by Crippen LogP contribution is -2.29. The van der Waals surface area contributed by atoms with E-state index in [-0.39, 0.29) is 17.6 Å². The van der Waals surface area contributed by atoms with Crippen molar-refractivity contribution in [1.82, 2.24) is 9.47 Å². The first kappa shape index (κ1) is 21.1. The van der Waals surface area contributed by atoms with Crippen LogP contribution in [0.1, 0.15) is 54.0 Å². The van der Waals surface area contributed by atoms with Crippen molar-refractivity contribution in [2.45, 2.75) is 39.7 Å². The van der Waals surface area contributed by atoms with Gasteiger partial charge in [0.1, 0.15) is 11.5 Å². The van der Waals surface area contributed by atoms with Crippen LogP contribution in [0.3, 0.4) is 0 Å². The number of amides is 2. The number of benzene rings is 2. The Bertz CT molecular complexity index is 1100. The summed E-state index contributed by atoms with van der Waals surface area (Å²) in [6.45, 7) is 6.75. The Hall–Kier alpha value is -3.15. The number of rotatable bonds is 6. The molecule has 1 aliphatic rings. The van der Waals surface area contributed by atoms with Crippen LogP contribution in [-0.2, 0) is 6.54 Å². The highest BCUT2D eigenvalue weighted by Crippen LogP contribution is 2.27. The SMILES string of the molecule is CC(C)CCn1c(C(=O)N2CCCC2)cc2cc(NC(=O)c3ccc(F)cc3)ccc21. The van der Waals surface area contributed by atoms with Crippen molar-refractivity contribution in [1.29, 1.82) is 0 Å². The molecule has 2 aromatic carbocycles. The lowest BCUT2D eigenvalue weighted by atomic mass is 10.1. The minimum absolute atomic E-state index is 0.0781. The molecule has 0 unspecified atom stereocenters. The topological polar surface area (TPSA) is 54.3 Å². The standard InChI is InChI=1S/C25H28FN3O2/c1-17(2)11-14-29-22-10-9-21(27-24(30)18-5-7-20(26)8-6-18)15-19(22)16-23(29)25(31)28-12-3-4-13-28/h5-10,15-17H,3-4,11-14H2,1-2H3,(H,27,30). The van der Waals surface area contributed by atoms with Gasteiger partial charge in [0.15, 0.2) is 0 Å². The molecule has 1 N–H and O–H groups in total. The second-order valence-electron chi connectivity index (χ2n) is 8.60. The van der Waals surface area contributed by atoms with Crippen LogP contribution in [0.5, 0.6) is 0 Å². The average molecular weight is 422 g/mol. The Labute approximate surface area is 181 Å². The third kappa shape index (κ3) is 4.63. The van der Waals surface area contributed by atoms with Crippen LogP contribution in [0.25, 0.3) is 10.9 Å². The molecule has 0 bridgehead atoms. The fraction of sp³-hybridized carbons (Fsp3) is 0.360. The lowest BCUT2D eigenvalue weighted by molar-refractivity contribution is 0.0782. The molecule has 2 amide bonds. The van der Waals surface area contributed by atoms with E-state index in [1.807, 2.05) is 29.2 Å². The maximum absolute atomic E-state index is 13.2. The van der Waals surface area contributed by atoms with Crippen LogP contribution in [0.2, 0.25) is 0 Å². The van der Waals surface area contributed by atoms with E-state index in [0.717, 1.165) is 49.8 Å². The van der Waals surface area contributed by atoms with E-state index < -0.39 is 0 Å². The first-order chi connectivity index (χ1) is 14.9. The third-order valence-corrected chi connectivity index (χ3v) is 5.81. The molecular weight excluding hydrogens is 393 g/mol. The summed E-state index contributed by atoms with van der Waals surface area (Å²) in [5.41, 5.74) is 2.73. The summed E-state index contributed by atoms with van der Waals surface area (Å²) in [4.78, 5) is 27.6. The molecule has 31 heavy (non-hydrogen) atoms. The molecule has 0 saturated carbocycles. The average Bonchev–Trinajstić information content (AvgIpc) is 3.40. The molecule has 6 heteroatoms. The van der Waals surface area contributed by atoms with E-state index in [0.29, 0.717) is 22.9 Å². The van der Waals surface area contributed by atoms with E-state index >= 15 is 0 Å². The van der Waals surface area contributed by atoms with E-state index in [1.54, 1.807) is 0 Å². The van der Waals surface area contributed by atoms with Crippen molar-refractivity contribution in [2.75, 3.05) is 18.4 Å². The number of fused-ring (bicyclic) bond motifs is 1. The van der Waals surface area contributed by atoms with Gasteiger partial charge in [-0.25, -0.2) is 4.39 Å². The molecule has 5 nitrogen and oxygen atoms in total. The van der Waals surface area contributed by atoms with Gasteiger partial charge < -0.3 is 14.8 Å².